The maximum atomic E-state index is 12.4. The Balaban J connectivity index is 2.46. The zero-order valence-electron chi connectivity index (χ0n) is 16.6. The highest BCUT2D eigenvalue weighted by Crippen LogP contribution is 2.08. The number of carbonyl (C=O) groups excluding carboxylic acids is 2. The number of carbonyl (C=O) groups is 2. The number of ether oxygens (including phenoxy) is 3. The molecule has 1 amide bonds. The standard InChI is InChI=1S/C21H33NO5/c1-3-4-5-6-7-11-14-26-20(23)19(17-18-12-9-8-10-13-18)22-21(24)27-16-15-25-2/h8-10,12-13,19H,3-7,11,14-17H2,1-2H3,(H,22,24). The Hall–Kier alpha value is -2.08. The number of hydrogen-bond acceptors (Lipinski definition) is 5. The van der Waals surface area contributed by atoms with Crippen molar-refractivity contribution in [1.29, 1.82) is 0 Å². The molecule has 0 saturated heterocycles. The van der Waals surface area contributed by atoms with Crippen molar-refractivity contribution in [3.63, 3.8) is 0 Å². The molecule has 0 fully saturated rings. The molecule has 0 aliphatic heterocycles. The number of esters is 1. The van der Waals surface area contributed by atoms with Crippen LogP contribution in [0.25, 0.3) is 0 Å². The van der Waals surface area contributed by atoms with Crippen LogP contribution in [0.15, 0.2) is 30.3 Å². The van der Waals surface area contributed by atoms with Gasteiger partial charge in [0.05, 0.1) is 13.2 Å². The van der Waals surface area contributed by atoms with Gasteiger partial charge in [-0.15, -0.1) is 0 Å². The molecule has 1 unspecified atom stereocenters. The van der Waals surface area contributed by atoms with Crippen molar-refractivity contribution >= 4 is 12.1 Å². The SMILES string of the molecule is CCCCCCCCOC(=O)C(Cc1ccccc1)NC(=O)OCCOC. The molecule has 0 aliphatic rings. The number of unbranched alkanes of at least 4 members (excludes halogenated alkanes) is 5. The van der Waals surface area contributed by atoms with Crippen LogP contribution >= 0.6 is 0 Å². The summed E-state index contributed by atoms with van der Waals surface area (Å²) in [5, 5.41) is 2.60. The molecule has 1 aromatic carbocycles. The largest absolute Gasteiger partial charge is 0.464 e. The van der Waals surface area contributed by atoms with Gasteiger partial charge in [-0.25, -0.2) is 9.59 Å². The molecule has 152 valence electrons. The van der Waals surface area contributed by atoms with E-state index in [-0.39, 0.29) is 6.61 Å². The van der Waals surface area contributed by atoms with Crippen molar-refractivity contribution in [2.45, 2.75) is 57.9 Å². The van der Waals surface area contributed by atoms with Crippen molar-refractivity contribution in [3.8, 4) is 0 Å². The molecule has 6 nitrogen and oxygen atoms in total. The highest BCUT2D eigenvalue weighted by Gasteiger charge is 2.23. The summed E-state index contributed by atoms with van der Waals surface area (Å²) in [7, 11) is 1.53. The van der Waals surface area contributed by atoms with E-state index in [9.17, 15) is 9.59 Å². The normalized spacial score (nSPS) is 11.6. The Morgan fingerprint density at radius 3 is 2.33 bits per heavy atom. The number of alkyl carbamates (subject to hydrolysis) is 1. The molecule has 0 radical (unpaired) electrons. The Morgan fingerprint density at radius 1 is 0.926 bits per heavy atom. The summed E-state index contributed by atoms with van der Waals surface area (Å²) in [6.07, 6.45) is 6.42. The minimum absolute atomic E-state index is 0.132. The van der Waals surface area contributed by atoms with E-state index in [4.69, 9.17) is 14.2 Å². The lowest BCUT2D eigenvalue weighted by molar-refractivity contribution is -0.146. The van der Waals surface area contributed by atoms with Crippen molar-refractivity contribution < 1.29 is 23.8 Å². The average molecular weight is 379 g/mol. The minimum atomic E-state index is -0.775. The molecular weight excluding hydrogens is 346 g/mol. The molecule has 1 rings (SSSR count). The predicted octanol–water partition coefficient (Wildman–Crippen LogP) is 3.87. The van der Waals surface area contributed by atoms with Crippen LogP contribution in [0.1, 0.15) is 51.0 Å². The van der Waals surface area contributed by atoms with E-state index in [2.05, 4.69) is 12.2 Å². The highest BCUT2D eigenvalue weighted by atomic mass is 16.6. The molecule has 0 bridgehead atoms. The Kier molecular flexibility index (Phi) is 12.8. The topological polar surface area (TPSA) is 73.9 Å². The number of hydrogen-bond donors (Lipinski definition) is 1. The van der Waals surface area contributed by atoms with E-state index < -0.39 is 18.1 Å². The summed E-state index contributed by atoms with van der Waals surface area (Å²) >= 11 is 0. The van der Waals surface area contributed by atoms with Crippen LogP contribution in [0.4, 0.5) is 4.79 Å². The molecule has 1 N–H and O–H groups in total. The summed E-state index contributed by atoms with van der Waals surface area (Å²) < 4.78 is 15.2. The second-order valence-corrected chi connectivity index (χ2v) is 6.45. The second kappa shape index (κ2) is 15.0. The first-order valence-electron chi connectivity index (χ1n) is 9.80. The van der Waals surface area contributed by atoms with Crippen LogP contribution < -0.4 is 5.32 Å². The summed E-state index contributed by atoms with van der Waals surface area (Å²) in [4.78, 5) is 24.3. The summed E-state index contributed by atoms with van der Waals surface area (Å²) in [5.41, 5.74) is 0.941. The lowest BCUT2D eigenvalue weighted by Crippen LogP contribution is -2.44. The van der Waals surface area contributed by atoms with Crippen molar-refractivity contribution in [1.82, 2.24) is 5.32 Å². The fraction of sp³-hybridized carbons (Fsp3) is 0.619. The third-order valence-electron chi connectivity index (χ3n) is 4.12. The maximum absolute atomic E-state index is 12.4. The zero-order chi connectivity index (χ0) is 19.7. The number of amides is 1. The first kappa shape index (κ1) is 23.0. The molecule has 6 heteroatoms. The van der Waals surface area contributed by atoms with E-state index in [0.717, 1.165) is 24.8 Å². The zero-order valence-corrected chi connectivity index (χ0v) is 16.6. The van der Waals surface area contributed by atoms with Crippen LogP contribution in [0.2, 0.25) is 0 Å². The van der Waals surface area contributed by atoms with E-state index in [1.54, 1.807) is 0 Å². The van der Waals surface area contributed by atoms with Crippen LogP contribution in [0.3, 0.4) is 0 Å². The van der Waals surface area contributed by atoms with Gasteiger partial charge in [-0.2, -0.15) is 0 Å². The predicted molar refractivity (Wildman–Crippen MR) is 105 cm³/mol. The maximum Gasteiger partial charge on any atom is 0.407 e. The van der Waals surface area contributed by atoms with Gasteiger partial charge in [0.25, 0.3) is 0 Å². The fourth-order valence-electron chi connectivity index (χ4n) is 2.60. The van der Waals surface area contributed by atoms with Crippen molar-refractivity contribution in [2.24, 2.45) is 0 Å². The van der Waals surface area contributed by atoms with Gasteiger partial charge in [0.15, 0.2) is 0 Å². The Morgan fingerprint density at radius 2 is 1.63 bits per heavy atom. The quantitative estimate of drug-likeness (QED) is 0.392. The van der Waals surface area contributed by atoms with E-state index >= 15 is 0 Å². The molecule has 0 heterocycles. The molecular formula is C21H33NO5. The second-order valence-electron chi connectivity index (χ2n) is 6.45. The summed E-state index contributed by atoms with van der Waals surface area (Å²) in [6, 6.07) is 8.73. The van der Waals surface area contributed by atoms with Crippen molar-refractivity contribution in [2.75, 3.05) is 26.9 Å². The Bertz CT molecular complexity index is 521. The lowest BCUT2D eigenvalue weighted by Gasteiger charge is -2.18. The molecule has 0 aromatic heterocycles. The highest BCUT2D eigenvalue weighted by molar-refractivity contribution is 5.81. The van der Waals surface area contributed by atoms with Gasteiger partial charge in [-0.05, 0) is 12.0 Å². The van der Waals surface area contributed by atoms with Crippen LogP contribution in [-0.4, -0.2) is 45.0 Å². The smallest absolute Gasteiger partial charge is 0.407 e. The Labute approximate surface area is 162 Å². The van der Waals surface area contributed by atoms with Gasteiger partial charge in [0, 0.05) is 13.5 Å². The van der Waals surface area contributed by atoms with E-state index in [1.807, 2.05) is 30.3 Å². The lowest BCUT2D eigenvalue weighted by atomic mass is 10.1. The number of nitrogens with one attached hydrogen (secondary N) is 1. The first-order valence-corrected chi connectivity index (χ1v) is 9.80. The van der Waals surface area contributed by atoms with Gasteiger partial charge in [0.1, 0.15) is 12.6 Å². The van der Waals surface area contributed by atoms with Gasteiger partial charge in [-0.1, -0.05) is 69.4 Å². The molecule has 0 saturated carbocycles. The van der Waals surface area contributed by atoms with E-state index in [1.165, 1.54) is 26.4 Å². The number of rotatable bonds is 14. The average Bonchev–Trinajstić information content (AvgIpc) is 2.67. The summed E-state index contributed by atoms with van der Waals surface area (Å²) in [6.45, 7) is 2.99. The van der Waals surface area contributed by atoms with Gasteiger partial charge in [0.2, 0.25) is 0 Å². The first-order chi connectivity index (χ1) is 13.2. The molecule has 0 spiro atoms. The number of benzene rings is 1. The van der Waals surface area contributed by atoms with Crippen molar-refractivity contribution in [3.05, 3.63) is 35.9 Å². The third kappa shape index (κ3) is 11.3. The molecule has 0 aliphatic carbocycles. The fourth-order valence-corrected chi connectivity index (χ4v) is 2.60. The van der Waals surface area contributed by atoms with Gasteiger partial charge >= 0.3 is 12.1 Å². The number of methoxy groups -OCH3 is 1. The monoisotopic (exact) mass is 379 g/mol. The molecule has 1 aromatic rings. The third-order valence-corrected chi connectivity index (χ3v) is 4.12. The van der Waals surface area contributed by atoms with Crippen LogP contribution in [0.5, 0.6) is 0 Å². The van der Waals surface area contributed by atoms with Gasteiger partial charge < -0.3 is 19.5 Å². The minimum Gasteiger partial charge on any atom is -0.464 e. The van der Waals surface area contributed by atoms with Crippen LogP contribution in [0, 0.1) is 0 Å². The molecule has 1 atom stereocenters. The van der Waals surface area contributed by atoms with Crippen LogP contribution in [-0.2, 0) is 25.4 Å². The molecule has 27 heavy (non-hydrogen) atoms. The van der Waals surface area contributed by atoms with Gasteiger partial charge in [-0.3, -0.25) is 0 Å². The summed E-state index contributed by atoms with van der Waals surface area (Å²) in [5.74, 6) is -0.434. The van der Waals surface area contributed by atoms with E-state index in [0.29, 0.717) is 19.6 Å².